The average Bonchev–Trinajstić information content (AvgIpc) is 2.32. The first-order valence-electron chi connectivity index (χ1n) is 5.07. The third kappa shape index (κ3) is 2.39. The molecule has 0 aliphatic carbocycles. The van der Waals surface area contributed by atoms with Crippen molar-refractivity contribution in [1.29, 1.82) is 5.41 Å². The van der Waals surface area contributed by atoms with Crippen LogP contribution in [0.15, 0.2) is 36.7 Å². The van der Waals surface area contributed by atoms with Crippen LogP contribution in [0.25, 0.3) is 0 Å². The predicted molar refractivity (Wildman–Crippen MR) is 64.3 cm³/mol. The summed E-state index contributed by atoms with van der Waals surface area (Å²) in [6.45, 7) is 1.84. The second kappa shape index (κ2) is 4.61. The van der Waals surface area contributed by atoms with E-state index in [1.165, 1.54) is 0 Å². The zero-order chi connectivity index (χ0) is 12.3. The quantitative estimate of drug-likeness (QED) is 0.620. The van der Waals surface area contributed by atoms with Crippen LogP contribution in [0.4, 0.5) is 0 Å². The smallest absolute Gasteiger partial charge is 0.230 e. The molecule has 5 nitrogen and oxygen atoms in total. The summed E-state index contributed by atoms with van der Waals surface area (Å²) in [5.41, 5.74) is 6.68. The van der Waals surface area contributed by atoms with Crippen LogP contribution in [0.3, 0.4) is 0 Å². The Morgan fingerprint density at radius 3 is 2.65 bits per heavy atom. The van der Waals surface area contributed by atoms with Gasteiger partial charge in [0.05, 0.1) is 11.3 Å². The van der Waals surface area contributed by atoms with Gasteiger partial charge < -0.3 is 10.5 Å². The number of ether oxygens (including phenoxy) is 1. The number of rotatable bonds is 3. The van der Waals surface area contributed by atoms with E-state index in [1.807, 2.05) is 6.92 Å². The molecule has 0 fully saturated rings. The summed E-state index contributed by atoms with van der Waals surface area (Å²) in [6.07, 6.45) is 3.28. The van der Waals surface area contributed by atoms with Crippen LogP contribution in [0.2, 0.25) is 0 Å². The maximum atomic E-state index is 7.44. The van der Waals surface area contributed by atoms with E-state index in [1.54, 1.807) is 36.7 Å². The van der Waals surface area contributed by atoms with Crippen molar-refractivity contribution < 1.29 is 4.74 Å². The number of aryl methyl sites for hydroxylation is 1. The molecule has 0 aromatic carbocycles. The highest BCUT2D eigenvalue weighted by atomic mass is 16.5. The van der Waals surface area contributed by atoms with E-state index in [-0.39, 0.29) is 5.84 Å². The van der Waals surface area contributed by atoms with Crippen LogP contribution in [0, 0.1) is 12.3 Å². The Kier molecular flexibility index (Phi) is 3.00. The summed E-state index contributed by atoms with van der Waals surface area (Å²) in [5.74, 6) is 0.847. The molecule has 0 unspecified atom stereocenters. The van der Waals surface area contributed by atoms with Crippen LogP contribution >= 0.6 is 0 Å². The predicted octanol–water partition coefficient (Wildman–Crippen LogP) is 1.86. The second-order valence-corrected chi connectivity index (χ2v) is 3.46. The van der Waals surface area contributed by atoms with Gasteiger partial charge in [0.1, 0.15) is 5.84 Å². The fraction of sp³-hybridized carbons (Fsp3) is 0.0833. The number of pyridine rings is 2. The highest BCUT2D eigenvalue weighted by Gasteiger charge is 2.09. The zero-order valence-corrected chi connectivity index (χ0v) is 9.34. The third-order valence-electron chi connectivity index (χ3n) is 2.23. The van der Waals surface area contributed by atoms with Gasteiger partial charge in [-0.05, 0) is 31.2 Å². The first-order valence-corrected chi connectivity index (χ1v) is 5.07. The van der Waals surface area contributed by atoms with E-state index in [2.05, 4.69) is 9.97 Å². The summed E-state index contributed by atoms with van der Waals surface area (Å²) >= 11 is 0. The summed E-state index contributed by atoms with van der Waals surface area (Å²) in [7, 11) is 0. The van der Waals surface area contributed by atoms with Gasteiger partial charge in [-0.25, -0.2) is 4.98 Å². The number of nitrogens with one attached hydrogen (secondary N) is 1. The van der Waals surface area contributed by atoms with Gasteiger partial charge in [0, 0.05) is 12.4 Å². The molecule has 2 aromatic rings. The molecule has 0 aliphatic rings. The van der Waals surface area contributed by atoms with Crippen molar-refractivity contribution >= 4 is 5.84 Å². The van der Waals surface area contributed by atoms with Gasteiger partial charge in [-0.15, -0.1) is 0 Å². The second-order valence-electron chi connectivity index (χ2n) is 3.46. The molecular formula is C12H12N4O. The zero-order valence-electron chi connectivity index (χ0n) is 9.34. The number of nitrogens with two attached hydrogens (primary N) is 1. The highest BCUT2D eigenvalue weighted by molar-refractivity contribution is 5.97. The Bertz CT molecular complexity index is 554. The Morgan fingerprint density at radius 2 is 1.94 bits per heavy atom. The molecule has 2 rings (SSSR count). The van der Waals surface area contributed by atoms with Gasteiger partial charge in [0.25, 0.3) is 0 Å². The maximum Gasteiger partial charge on any atom is 0.230 e. The number of hydrogen-bond donors (Lipinski definition) is 2. The highest BCUT2D eigenvalue weighted by Crippen LogP contribution is 2.24. The van der Waals surface area contributed by atoms with E-state index < -0.39 is 0 Å². The van der Waals surface area contributed by atoms with E-state index >= 15 is 0 Å². The van der Waals surface area contributed by atoms with Gasteiger partial charge in [-0.3, -0.25) is 10.4 Å². The number of nitrogens with zero attached hydrogens (tertiary/aromatic N) is 2. The van der Waals surface area contributed by atoms with Crippen LogP contribution in [-0.2, 0) is 0 Å². The molecule has 0 aliphatic heterocycles. The van der Waals surface area contributed by atoms with Crippen molar-refractivity contribution in [3.8, 4) is 11.6 Å². The average molecular weight is 228 g/mol. The maximum absolute atomic E-state index is 7.44. The lowest BCUT2D eigenvalue weighted by molar-refractivity contribution is 0.455. The number of hydrogen-bond acceptors (Lipinski definition) is 4. The molecular weight excluding hydrogens is 216 g/mol. The van der Waals surface area contributed by atoms with Crippen LogP contribution < -0.4 is 10.5 Å². The number of aromatic nitrogens is 2. The first-order chi connectivity index (χ1) is 8.18. The summed E-state index contributed by atoms with van der Waals surface area (Å²) in [4.78, 5) is 8.18. The van der Waals surface area contributed by atoms with Gasteiger partial charge in [0.2, 0.25) is 5.88 Å². The molecule has 86 valence electrons. The van der Waals surface area contributed by atoms with Gasteiger partial charge in [0.15, 0.2) is 5.75 Å². The topological polar surface area (TPSA) is 84.9 Å². The van der Waals surface area contributed by atoms with Crippen LogP contribution in [-0.4, -0.2) is 15.8 Å². The van der Waals surface area contributed by atoms with E-state index in [0.717, 1.165) is 5.69 Å². The molecule has 0 saturated heterocycles. The first kappa shape index (κ1) is 11.1. The van der Waals surface area contributed by atoms with Crippen molar-refractivity contribution in [3.05, 3.63) is 47.9 Å². The van der Waals surface area contributed by atoms with Crippen molar-refractivity contribution in [2.45, 2.75) is 6.92 Å². The van der Waals surface area contributed by atoms with Crippen molar-refractivity contribution in [2.24, 2.45) is 5.73 Å². The minimum atomic E-state index is -0.0744. The molecule has 0 spiro atoms. The van der Waals surface area contributed by atoms with E-state index in [0.29, 0.717) is 17.2 Å². The molecule has 2 aromatic heterocycles. The van der Waals surface area contributed by atoms with Crippen molar-refractivity contribution in [3.63, 3.8) is 0 Å². The Morgan fingerprint density at radius 1 is 1.24 bits per heavy atom. The van der Waals surface area contributed by atoms with Crippen LogP contribution in [0.1, 0.15) is 11.3 Å². The molecule has 0 amide bonds. The van der Waals surface area contributed by atoms with E-state index in [9.17, 15) is 0 Å². The van der Waals surface area contributed by atoms with Gasteiger partial charge >= 0.3 is 0 Å². The molecule has 0 atom stereocenters. The lowest BCUT2D eigenvalue weighted by Gasteiger charge is -2.09. The Hall–Kier alpha value is -2.43. The summed E-state index contributed by atoms with van der Waals surface area (Å²) in [6, 6.07) is 6.97. The number of amidine groups is 1. The van der Waals surface area contributed by atoms with Gasteiger partial charge in [-0.2, -0.15) is 0 Å². The normalized spacial score (nSPS) is 9.94. The fourth-order valence-electron chi connectivity index (χ4n) is 1.36. The largest absolute Gasteiger partial charge is 0.436 e. The molecule has 17 heavy (non-hydrogen) atoms. The molecule has 0 saturated carbocycles. The van der Waals surface area contributed by atoms with Crippen molar-refractivity contribution in [1.82, 2.24) is 9.97 Å². The van der Waals surface area contributed by atoms with Gasteiger partial charge in [-0.1, -0.05) is 0 Å². The SMILES string of the molecule is Cc1ncccc1Oc1ncccc1C(=N)N. The fourth-order valence-corrected chi connectivity index (χ4v) is 1.36. The monoisotopic (exact) mass is 228 g/mol. The lowest BCUT2D eigenvalue weighted by Crippen LogP contribution is -2.13. The molecule has 3 N–H and O–H groups in total. The third-order valence-corrected chi connectivity index (χ3v) is 2.23. The standard InChI is InChI=1S/C12H12N4O/c1-8-10(5-3-6-15-8)17-12-9(11(13)14)4-2-7-16-12/h2-7H,1H3,(H3,13,14). The molecule has 2 heterocycles. The van der Waals surface area contributed by atoms with Crippen LogP contribution in [0.5, 0.6) is 11.6 Å². The Balaban J connectivity index is 2.37. The summed E-state index contributed by atoms with van der Waals surface area (Å²) in [5, 5.41) is 7.44. The van der Waals surface area contributed by atoms with E-state index in [4.69, 9.17) is 15.9 Å². The number of nitrogen functional groups attached to an aromatic ring is 1. The lowest BCUT2D eigenvalue weighted by atomic mass is 10.2. The molecule has 5 heteroatoms. The Labute approximate surface area is 98.8 Å². The minimum absolute atomic E-state index is 0.0744. The molecule has 0 bridgehead atoms. The van der Waals surface area contributed by atoms with Crippen molar-refractivity contribution in [2.75, 3.05) is 0 Å². The minimum Gasteiger partial charge on any atom is -0.436 e. The summed E-state index contributed by atoms with van der Waals surface area (Å²) < 4.78 is 5.61. The molecule has 0 radical (unpaired) electrons.